The van der Waals surface area contributed by atoms with Crippen LogP contribution in [-0.4, -0.2) is 56.8 Å². The number of aromatic amines is 1. The van der Waals surface area contributed by atoms with Crippen LogP contribution in [0.4, 0.5) is 20.3 Å². The van der Waals surface area contributed by atoms with Crippen molar-refractivity contribution in [3.8, 4) is 34.4 Å². The minimum absolute atomic E-state index is 0.00348. The van der Waals surface area contributed by atoms with E-state index in [0.29, 0.717) is 68.6 Å². The fourth-order valence-corrected chi connectivity index (χ4v) is 8.34. The number of ether oxygens (including phenoxy) is 2. The Balaban J connectivity index is 0.818. The van der Waals surface area contributed by atoms with E-state index in [-0.39, 0.29) is 46.7 Å². The van der Waals surface area contributed by atoms with Crippen LogP contribution >= 0.6 is 11.6 Å². The molecule has 0 radical (unpaired) electrons. The van der Waals surface area contributed by atoms with Gasteiger partial charge >= 0.3 is 0 Å². The van der Waals surface area contributed by atoms with Crippen molar-refractivity contribution in [3.05, 3.63) is 123 Å². The molecule has 1 saturated carbocycles. The summed E-state index contributed by atoms with van der Waals surface area (Å²) < 4.78 is 41.8. The standard InChI is InChI=1S/C46H43ClF2N8O5/c1-56-26-36(34-16-19-51-44(34)46(56)60)35-23-31(7-13-40(35)62-41-12-4-29(48)22-38(41)49)52-43(58)15-2-27-17-20-57(21-18-27)42-14-11-39(54-55-42)45(59)53-30-5-9-32(10-6-30)61-33-8-3-28(25-50)37(47)24-33/h3-4,7-8,11-14,16,19,22-24,26-27,30,32,51H,2,5-6,9-10,15,17-18,20-21H2,1H3,(H,52,58)(H,53,59)/t30-,32-. The number of piperidine rings is 1. The lowest BCUT2D eigenvalue weighted by molar-refractivity contribution is -0.116. The number of pyridine rings is 1. The number of H-pyrrole nitrogens is 1. The maximum atomic E-state index is 14.7. The van der Waals surface area contributed by atoms with Crippen LogP contribution in [0.15, 0.2) is 90.0 Å². The second kappa shape index (κ2) is 18.4. The van der Waals surface area contributed by atoms with Crippen molar-refractivity contribution >= 4 is 45.8 Å². The molecule has 16 heteroatoms. The van der Waals surface area contributed by atoms with E-state index in [2.05, 4.69) is 30.7 Å². The third kappa shape index (κ3) is 9.55. The number of carbonyl (C=O) groups excluding carboxylic acids is 2. The molecule has 1 aliphatic heterocycles. The summed E-state index contributed by atoms with van der Waals surface area (Å²) in [5, 5.41) is 24.7. The summed E-state index contributed by atoms with van der Waals surface area (Å²) in [5.74, 6) is -0.336. The molecule has 318 valence electrons. The number of nitrogens with one attached hydrogen (secondary N) is 3. The zero-order chi connectivity index (χ0) is 43.3. The summed E-state index contributed by atoms with van der Waals surface area (Å²) in [5.41, 5.74) is 2.40. The molecule has 2 amide bonds. The maximum Gasteiger partial charge on any atom is 0.274 e. The van der Waals surface area contributed by atoms with Crippen molar-refractivity contribution in [2.24, 2.45) is 13.0 Å². The molecule has 0 unspecified atom stereocenters. The van der Waals surface area contributed by atoms with Gasteiger partial charge in [-0.05, 0) is 112 Å². The van der Waals surface area contributed by atoms with E-state index in [1.165, 1.54) is 10.6 Å². The molecule has 6 aromatic rings. The SMILES string of the molecule is Cn1cc(-c2cc(NC(=O)CCC3CCN(c4ccc(C(=O)N[C@H]5CC[C@H](Oc6ccc(C#N)c(Cl)c6)CC5)nn4)CC3)ccc2Oc2ccc(F)cc2F)c2cc[nH]c2c1=O. The number of benzene rings is 3. The number of rotatable bonds is 12. The Bertz CT molecular complexity index is 2720. The summed E-state index contributed by atoms with van der Waals surface area (Å²) >= 11 is 6.14. The van der Waals surface area contributed by atoms with Gasteiger partial charge in [0.25, 0.3) is 11.5 Å². The fraction of sp³-hybridized carbons (Fsp3) is 0.304. The number of nitriles is 1. The van der Waals surface area contributed by atoms with Crippen molar-refractivity contribution < 1.29 is 27.8 Å². The van der Waals surface area contributed by atoms with Crippen molar-refractivity contribution in [1.82, 2.24) is 25.1 Å². The molecule has 1 aliphatic carbocycles. The summed E-state index contributed by atoms with van der Waals surface area (Å²) in [6, 6.07) is 20.4. The number of hydrogen-bond donors (Lipinski definition) is 3. The first-order valence-corrected chi connectivity index (χ1v) is 20.9. The van der Waals surface area contributed by atoms with Crippen LogP contribution in [0.3, 0.4) is 0 Å². The van der Waals surface area contributed by atoms with E-state index in [0.717, 1.165) is 63.7 Å². The van der Waals surface area contributed by atoms with Gasteiger partial charge in [-0.3, -0.25) is 14.4 Å². The first-order chi connectivity index (χ1) is 30.0. The van der Waals surface area contributed by atoms with E-state index in [1.54, 1.807) is 68.0 Å². The quantitative estimate of drug-likeness (QED) is 0.109. The van der Waals surface area contributed by atoms with Crippen LogP contribution in [-0.2, 0) is 11.8 Å². The highest BCUT2D eigenvalue weighted by atomic mass is 35.5. The highest BCUT2D eigenvalue weighted by Gasteiger charge is 2.26. The number of halogens is 3. The predicted octanol–water partition coefficient (Wildman–Crippen LogP) is 8.67. The number of aryl methyl sites for hydroxylation is 1. The molecule has 0 bridgehead atoms. The van der Waals surface area contributed by atoms with Gasteiger partial charge < -0.3 is 34.6 Å². The van der Waals surface area contributed by atoms with Gasteiger partial charge in [0.05, 0.1) is 16.7 Å². The topological polar surface area (TPSA) is 167 Å². The second-order valence-corrected chi connectivity index (χ2v) is 16.1. The number of hydrogen-bond acceptors (Lipinski definition) is 9. The maximum absolute atomic E-state index is 14.7. The molecule has 3 aromatic carbocycles. The van der Waals surface area contributed by atoms with Crippen molar-refractivity contribution in [2.75, 3.05) is 23.3 Å². The second-order valence-electron chi connectivity index (χ2n) is 15.7. The first-order valence-electron chi connectivity index (χ1n) is 20.5. The van der Waals surface area contributed by atoms with E-state index in [4.69, 9.17) is 26.3 Å². The number of nitrogens with zero attached hydrogens (tertiary/aromatic N) is 5. The molecular formula is C46H43ClF2N8O5. The first kappa shape index (κ1) is 41.9. The van der Waals surface area contributed by atoms with Crippen LogP contribution in [0.25, 0.3) is 22.0 Å². The third-order valence-corrected chi connectivity index (χ3v) is 11.8. The zero-order valence-electron chi connectivity index (χ0n) is 33.8. The van der Waals surface area contributed by atoms with Gasteiger partial charge in [-0.1, -0.05) is 11.6 Å². The summed E-state index contributed by atoms with van der Waals surface area (Å²) in [7, 11) is 1.62. The van der Waals surface area contributed by atoms with Gasteiger partial charge in [0, 0.05) is 79.3 Å². The normalized spacial score (nSPS) is 16.7. The third-order valence-electron chi connectivity index (χ3n) is 11.5. The number of amides is 2. The molecule has 1 saturated heterocycles. The van der Waals surface area contributed by atoms with Gasteiger partial charge in [0.2, 0.25) is 5.91 Å². The molecule has 0 atom stereocenters. The lowest BCUT2D eigenvalue weighted by atomic mass is 9.92. The fourth-order valence-electron chi connectivity index (χ4n) is 8.13. The van der Waals surface area contributed by atoms with Crippen molar-refractivity contribution in [3.63, 3.8) is 0 Å². The largest absolute Gasteiger partial charge is 0.490 e. The van der Waals surface area contributed by atoms with E-state index in [9.17, 15) is 23.2 Å². The predicted molar refractivity (Wildman–Crippen MR) is 231 cm³/mol. The van der Waals surface area contributed by atoms with Crippen molar-refractivity contribution in [2.45, 2.75) is 63.5 Å². The number of anilines is 2. The Morgan fingerprint density at radius 3 is 2.45 bits per heavy atom. The van der Waals surface area contributed by atoms with Crippen LogP contribution in [0.1, 0.15) is 67.4 Å². The highest BCUT2D eigenvalue weighted by Crippen LogP contribution is 2.39. The van der Waals surface area contributed by atoms with E-state index < -0.39 is 11.6 Å². The Kier molecular flexibility index (Phi) is 12.5. The van der Waals surface area contributed by atoms with E-state index >= 15 is 0 Å². The number of fused-ring (bicyclic) bond motifs is 1. The summed E-state index contributed by atoms with van der Waals surface area (Å²) in [6.07, 6.45) is 9.04. The van der Waals surface area contributed by atoms with E-state index in [1.807, 2.05) is 12.1 Å². The zero-order valence-corrected chi connectivity index (χ0v) is 34.6. The molecular weight excluding hydrogens is 818 g/mol. The van der Waals surface area contributed by atoms with Crippen molar-refractivity contribution in [1.29, 1.82) is 5.26 Å². The summed E-state index contributed by atoms with van der Waals surface area (Å²) in [6.45, 7) is 1.47. The Morgan fingerprint density at radius 1 is 0.935 bits per heavy atom. The van der Waals surface area contributed by atoms with Gasteiger partial charge in [-0.2, -0.15) is 5.26 Å². The van der Waals surface area contributed by atoms with Gasteiger partial charge in [-0.25, -0.2) is 8.78 Å². The lowest BCUT2D eigenvalue weighted by Crippen LogP contribution is -2.40. The molecule has 62 heavy (non-hydrogen) atoms. The lowest BCUT2D eigenvalue weighted by Gasteiger charge is -2.32. The van der Waals surface area contributed by atoms with Crippen LogP contribution in [0, 0.1) is 28.9 Å². The Morgan fingerprint density at radius 2 is 1.73 bits per heavy atom. The average Bonchev–Trinajstić information content (AvgIpc) is 3.77. The molecule has 2 fully saturated rings. The van der Waals surface area contributed by atoms with Crippen LogP contribution < -0.4 is 30.6 Å². The smallest absolute Gasteiger partial charge is 0.274 e. The molecule has 0 spiro atoms. The molecule has 4 heterocycles. The summed E-state index contributed by atoms with van der Waals surface area (Å²) in [4.78, 5) is 44.2. The number of carbonyl (C=O) groups is 2. The molecule has 3 N–H and O–H groups in total. The minimum Gasteiger partial charge on any atom is -0.490 e. The molecule has 3 aromatic heterocycles. The Labute approximate surface area is 360 Å². The van der Waals surface area contributed by atoms with Gasteiger partial charge in [0.1, 0.15) is 28.9 Å². The molecule has 13 nitrogen and oxygen atoms in total. The minimum atomic E-state index is -0.871. The monoisotopic (exact) mass is 860 g/mol. The van der Waals surface area contributed by atoms with Crippen LogP contribution in [0.5, 0.6) is 17.2 Å². The Hall–Kier alpha value is -6.79. The van der Waals surface area contributed by atoms with Gasteiger partial charge in [0.15, 0.2) is 23.1 Å². The molecule has 8 rings (SSSR count). The highest BCUT2D eigenvalue weighted by molar-refractivity contribution is 6.31. The number of aromatic nitrogens is 4. The van der Waals surface area contributed by atoms with Gasteiger partial charge in [-0.15, -0.1) is 10.2 Å². The van der Waals surface area contributed by atoms with Crippen LogP contribution in [0.2, 0.25) is 5.02 Å². The average molecular weight is 861 g/mol. The molecule has 2 aliphatic rings.